The molecule has 0 saturated carbocycles. The molecule has 6 heteroatoms. The zero-order valence-electron chi connectivity index (χ0n) is 9.89. The lowest BCUT2D eigenvalue weighted by molar-refractivity contribution is -0.387. The van der Waals surface area contributed by atoms with Gasteiger partial charge in [0.05, 0.1) is 4.92 Å². The summed E-state index contributed by atoms with van der Waals surface area (Å²) in [5.41, 5.74) is -0.100. The van der Waals surface area contributed by atoms with Crippen molar-refractivity contribution in [2.45, 2.75) is 24.6 Å². The number of thioether (sulfide) groups is 1. The van der Waals surface area contributed by atoms with Gasteiger partial charge in [0, 0.05) is 30.0 Å². The topological polar surface area (TPSA) is 55.2 Å². The monoisotopic (exact) mass is 270 g/mol. The fourth-order valence-electron chi connectivity index (χ4n) is 2.02. The van der Waals surface area contributed by atoms with Crippen LogP contribution in [-0.4, -0.2) is 22.5 Å². The molecule has 98 valence electrons. The quantitative estimate of drug-likeness (QED) is 0.660. The Morgan fingerprint density at radius 2 is 2.39 bits per heavy atom. The van der Waals surface area contributed by atoms with Crippen molar-refractivity contribution < 1.29 is 9.31 Å². The van der Waals surface area contributed by atoms with Gasteiger partial charge in [-0.25, -0.2) is 0 Å². The fourth-order valence-corrected chi connectivity index (χ4v) is 3.25. The molecule has 1 unspecified atom stereocenters. The van der Waals surface area contributed by atoms with Gasteiger partial charge in [-0.05, 0) is 18.6 Å². The summed E-state index contributed by atoms with van der Waals surface area (Å²) >= 11 is 1.93. The lowest BCUT2D eigenvalue weighted by Crippen LogP contribution is -2.23. The first-order valence-corrected chi connectivity index (χ1v) is 6.97. The van der Waals surface area contributed by atoms with E-state index in [1.165, 1.54) is 30.7 Å². The number of rotatable bonds is 5. The molecule has 1 heterocycles. The number of nitro groups is 1. The molecule has 0 bridgehead atoms. The average Bonchev–Trinajstić information content (AvgIpc) is 2.84. The van der Waals surface area contributed by atoms with Gasteiger partial charge in [-0.15, -0.1) is 0 Å². The van der Waals surface area contributed by atoms with Gasteiger partial charge in [-0.2, -0.15) is 16.2 Å². The van der Waals surface area contributed by atoms with Crippen LogP contribution in [0.25, 0.3) is 0 Å². The number of benzene rings is 1. The van der Waals surface area contributed by atoms with E-state index in [2.05, 4.69) is 5.32 Å². The van der Waals surface area contributed by atoms with E-state index in [9.17, 15) is 14.5 Å². The molecule has 1 fully saturated rings. The smallest absolute Gasteiger partial charge is 0.305 e. The molecule has 1 aromatic rings. The van der Waals surface area contributed by atoms with Crippen molar-refractivity contribution in [2.24, 2.45) is 0 Å². The van der Waals surface area contributed by atoms with Crippen LogP contribution < -0.4 is 5.32 Å². The minimum Gasteiger partial charge on any atom is -0.311 e. The van der Waals surface area contributed by atoms with Crippen molar-refractivity contribution in [2.75, 3.05) is 12.3 Å². The Balaban J connectivity index is 1.92. The molecule has 0 aromatic heterocycles. The summed E-state index contributed by atoms with van der Waals surface area (Å²) in [5, 5.41) is 14.4. The third-order valence-electron chi connectivity index (χ3n) is 2.97. The molecule has 1 aromatic carbocycles. The van der Waals surface area contributed by atoms with Gasteiger partial charge in [-0.3, -0.25) is 10.1 Å². The van der Waals surface area contributed by atoms with Gasteiger partial charge in [0.25, 0.3) is 0 Å². The zero-order valence-corrected chi connectivity index (χ0v) is 10.7. The number of nitrogens with zero attached hydrogens (tertiary/aromatic N) is 1. The summed E-state index contributed by atoms with van der Waals surface area (Å²) in [5.74, 6) is 0.464. The number of hydrogen-bond acceptors (Lipinski definition) is 4. The second kappa shape index (κ2) is 6.15. The van der Waals surface area contributed by atoms with Crippen LogP contribution in [0.1, 0.15) is 18.4 Å². The Morgan fingerprint density at radius 1 is 1.56 bits per heavy atom. The Morgan fingerprint density at radius 3 is 3.06 bits per heavy atom. The molecule has 18 heavy (non-hydrogen) atoms. The Labute approximate surface area is 109 Å². The summed E-state index contributed by atoms with van der Waals surface area (Å²) < 4.78 is 13.7. The normalized spacial score (nSPS) is 19.1. The van der Waals surface area contributed by atoms with Gasteiger partial charge in [-0.1, -0.05) is 12.1 Å². The Bertz CT molecular complexity index is 436. The number of nitro benzene ring substituents is 1. The van der Waals surface area contributed by atoms with Gasteiger partial charge in [0.2, 0.25) is 5.82 Å². The van der Waals surface area contributed by atoms with Crippen molar-refractivity contribution in [3.05, 3.63) is 39.7 Å². The molecule has 1 N–H and O–H groups in total. The summed E-state index contributed by atoms with van der Waals surface area (Å²) in [6.45, 7) is 1.16. The van der Waals surface area contributed by atoms with E-state index in [-0.39, 0.29) is 0 Å². The Kier molecular flexibility index (Phi) is 4.54. The number of hydrogen-bond donors (Lipinski definition) is 1. The summed E-state index contributed by atoms with van der Waals surface area (Å²) in [4.78, 5) is 9.91. The molecular formula is C12H15FN2O2S. The molecule has 1 aliphatic heterocycles. The van der Waals surface area contributed by atoms with E-state index in [1.807, 2.05) is 11.8 Å². The van der Waals surface area contributed by atoms with Crippen LogP contribution >= 0.6 is 11.8 Å². The van der Waals surface area contributed by atoms with Crippen molar-refractivity contribution in [3.63, 3.8) is 0 Å². The van der Waals surface area contributed by atoms with Gasteiger partial charge in [0.15, 0.2) is 0 Å². The highest BCUT2D eigenvalue weighted by atomic mass is 32.2. The van der Waals surface area contributed by atoms with Crippen LogP contribution in [-0.2, 0) is 6.54 Å². The van der Waals surface area contributed by atoms with Crippen LogP contribution in [0.4, 0.5) is 10.1 Å². The maximum Gasteiger partial charge on any atom is 0.305 e. The minimum absolute atomic E-state index is 0.338. The van der Waals surface area contributed by atoms with Crippen LogP contribution in [0.15, 0.2) is 18.2 Å². The van der Waals surface area contributed by atoms with E-state index >= 15 is 0 Å². The van der Waals surface area contributed by atoms with E-state index in [4.69, 9.17) is 0 Å². The first kappa shape index (κ1) is 13.3. The van der Waals surface area contributed by atoms with E-state index in [0.29, 0.717) is 17.4 Å². The van der Waals surface area contributed by atoms with Crippen molar-refractivity contribution >= 4 is 17.4 Å². The van der Waals surface area contributed by atoms with Crippen LogP contribution in [0.2, 0.25) is 0 Å². The first-order valence-electron chi connectivity index (χ1n) is 5.92. The van der Waals surface area contributed by atoms with Gasteiger partial charge in [0.1, 0.15) is 0 Å². The largest absolute Gasteiger partial charge is 0.311 e. The molecule has 0 aliphatic carbocycles. The van der Waals surface area contributed by atoms with Crippen molar-refractivity contribution in [1.29, 1.82) is 0 Å². The summed E-state index contributed by atoms with van der Waals surface area (Å²) in [6, 6.07) is 4.28. The minimum atomic E-state index is -0.728. The van der Waals surface area contributed by atoms with Crippen molar-refractivity contribution in [1.82, 2.24) is 5.32 Å². The highest BCUT2D eigenvalue weighted by Crippen LogP contribution is 2.25. The van der Waals surface area contributed by atoms with Crippen LogP contribution in [0, 0.1) is 15.9 Å². The predicted octanol–water partition coefficient (Wildman–Crippen LogP) is 2.72. The molecule has 1 saturated heterocycles. The lowest BCUT2D eigenvalue weighted by Gasteiger charge is -2.10. The maximum absolute atomic E-state index is 13.7. The van der Waals surface area contributed by atoms with Gasteiger partial charge >= 0.3 is 5.69 Å². The highest BCUT2D eigenvalue weighted by Gasteiger charge is 2.18. The highest BCUT2D eigenvalue weighted by molar-refractivity contribution is 8.00. The second-order valence-corrected chi connectivity index (χ2v) is 5.68. The number of halogens is 1. The van der Waals surface area contributed by atoms with Crippen LogP contribution in [0.3, 0.4) is 0 Å². The lowest BCUT2D eigenvalue weighted by atomic mass is 10.2. The van der Waals surface area contributed by atoms with Crippen molar-refractivity contribution in [3.8, 4) is 0 Å². The maximum atomic E-state index is 13.7. The molecule has 1 aliphatic rings. The first-order chi connectivity index (χ1) is 8.68. The van der Waals surface area contributed by atoms with E-state index in [1.54, 1.807) is 6.07 Å². The third-order valence-corrected chi connectivity index (χ3v) is 4.36. The second-order valence-electron chi connectivity index (χ2n) is 4.27. The fraction of sp³-hybridized carbons (Fsp3) is 0.500. The SMILES string of the molecule is O=[N+]([O-])c1cccc(CNCC2CCCS2)c1F. The number of nitrogens with one attached hydrogen (secondary N) is 1. The molecular weight excluding hydrogens is 255 g/mol. The zero-order chi connectivity index (χ0) is 13.0. The predicted molar refractivity (Wildman–Crippen MR) is 70.2 cm³/mol. The van der Waals surface area contributed by atoms with E-state index in [0.717, 1.165) is 6.54 Å². The third kappa shape index (κ3) is 3.20. The molecule has 4 nitrogen and oxygen atoms in total. The van der Waals surface area contributed by atoms with Crippen LogP contribution in [0.5, 0.6) is 0 Å². The van der Waals surface area contributed by atoms with Gasteiger partial charge < -0.3 is 5.32 Å². The average molecular weight is 270 g/mol. The Hall–Kier alpha value is -1.14. The standard InChI is InChI=1S/C12H15FN2O2S/c13-12-9(3-1-5-11(12)15(16)17)7-14-8-10-4-2-6-18-10/h1,3,5,10,14H,2,4,6-8H2. The molecule has 1 atom stereocenters. The molecule has 0 amide bonds. The summed E-state index contributed by atoms with van der Waals surface area (Å²) in [6.07, 6.45) is 2.43. The van der Waals surface area contributed by atoms with E-state index < -0.39 is 16.4 Å². The summed E-state index contributed by atoms with van der Waals surface area (Å²) in [7, 11) is 0. The molecule has 2 rings (SSSR count). The molecule has 0 spiro atoms. The molecule has 0 radical (unpaired) electrons.